The summed E-state index contributed by atoms with van der Waals surface area (Å²) in [6.45, 7) is 5.01. The molecule has 1 aromatic carbocycles. The van der Waals surface area contributed by atoms with Crippen LogP contribution < -0.4 is 16.0 Å². The van der Waals surface area contributed by atoms with Gasteiger partial charge in [-0.2, -0.15) is 0 Å². The first-order valence-electron chi connectivity index (χ1n) is 8.72. The topological polar surface area (TPSA) is 91.8 Å². The lowest BCUT2D eigenvalue weighted by molar-refractivity contribution is 0.0955. The van der Waals surface area contributed by atoms with Crippen molar-refractivity contribution < 1.29 is 4.79 Å². The monoisotopic (exact) mass is 362 g/mol. The van der Waals surface area contributed by atoms with Gasteiger partial charge in [-0.1, -0.05) is 23.3 Å². The van der Waals surface area contributed by atoms with Gasteiger partial charge in [0.2, 0.25) is 0 Å². The van der Waals surface area contributed by atoms with Crippen LogP contribution in [0.3, 0.4) is 0 Å². The number of hydrogen-bond acceptors (Lipinski definition) is 6. The zero-order valence-electron chi connectivity index (χ0n) is 15.4. The normalized spacial score (nSPS) is 10.3. The van der Waals surface area contributed by atoms with Crippen molar-refractivity contribution >= 4 is 23.4 Å². The summed E-state index contributed by atoms with van der Waals surface area (Å²) in [5.41, 5.74) is 2.83. The lowest BCUT2D eigenvalue weighted by Crippen LogP contribution is -2.29. The highest BCUT2D eigenvalue weighted by atomic mass is 16.1. The van der Waals surface area contributed by atoms with Crippen molar-refractivity contribution in [3.05, 3.63) is 71.4 Å². The van der Waals surface area contributed by atoms with Crippen molar-refractivity contribution in [2.45, 2.75) is 13.8 Å². The molecule has 0 aliphatic carbocycles. The summed E-state index contributed by atoms with van der Waals surface area (Å²) in [7, 11) is 0. The van der Waals surface area contributed by atoms with E-state index in [2.05, 4.69) is 31.1 Å². The van der Waals surface area contributed by atoms with Crippen molar-refractivity contribution in [2.24, 2.45) is 0 Å². The molecule has 0 bridgehead atoms. The van der Waals surface area contributed by atoms with E-state index < -0.39 is 0 Å². The van der Waals surface area contributed by atoms with Gasteiger partial charge in [0.25, 0.3) is 5.91 Å². The van der Waals surface area contributed by atoms with Crippen LogP contribution in [-0.4, -0.2) is 34.2 Å². The maximum Gasteiger partial charge on any atom is 0.251 e. The standard InChI is InChI=1S/C20H22N6O/c1-14-11-15(2)13-16(12-14)20(27)23-10-9-22-18-6-7-19(26-25-18)24-17-5-3-4-8-21-17/h3-8,11-13H,9-10H2,1-2H3,(H,22,25)(H,23,27)(H,21,24,26). The van der Waals surface area contributed by atoms with Gasteiger partial charge < -0.3 is 16.0 Å². The first-order chi connectivity index (χ1) is 13.1. The van der Waals surface area contributed by atoms with Crippen LogP contribution >= 0.6 is 0 Å². The highest BCUT2D eigenvalue weighted by molar-refractivity contribution is 5.94. The highest BCUT2D eigenvalue weighted by Crippen LogP contribution is 2.11. The quantitative estimate of drug-likeness (QED) is 0.560. The minimum Gasteiger partial charge on any atom is -0.367 e. The van der Waals surface area contributed by atoms with Crippen LogP contribution in [0.15, 0.2) is 54.7 Å². The predicted molar refractivity (Wildman–Crippen MR) is 106 cm³/mol. The van der Waals surface area contributed by atoms with Crippen LogP contribution in [-0.2, 0) is 0 Å². The van der Waals surface area contributed by atoms with Crippen molar-refractivity contribution in [3.63, 3.8) is 0 Å². The number of nitrogens with zero attached hydrogens (tertiary/aromatic N) is 3. The number of pyridine rings is 1. The molecular formula is C20H22N6O. The van der Waals surface area contributed by atoms with Crippen molar-refractivity contribution in [1.29, 1.82) is 0 Å². The largest absolute Gasteiger partial charge is 0.367 e. The number of amides is 1. The smallest absolute Gasteiger partial charge is 0.251 e. The number of carbonyl (C=O) groups is 1. The molecule has 3 N–H and O–H groups in total. The summed E-state index contributed by atoms with van der Waals surface area (Å²) in [5, 5.41) is 17.3. The van der Waals surface area contributed by atoms with Gasteiger partial charge in [-0.05, 0) is 50.2 Å². The summed E-state index contributed by atoms with van der Waals surface area (Å²) < 4.78 is 0. The van der Waals surface area contributed by atoms with E-state index in [1.807, 2.05) is 62.4 Å². The summed E-state index contributed by atoms with van der Waals surface area (Å²) in [6, 6.07) is 15.1. The number of carbonyl (C=O) groups excluding carboxylic acids is 1. The molecule has 0 aliphatic rings. The lowest BCUT2D eigenvalue weighted by atomic mass is 10.1. The Kier molecular flexibility index (Phi) is 5.94. The molecular weight excluding hydrogens is 340 g/mol. The van der Waals surface area contributed by atoms with Crippen LogP contribution in [0.4, 0.5) is 17.5 Å². The van der Waals surface area contributed by atoms with E-state index in [1.165, 1.54) is 0 Å². The maximum absolute atomic E-state index is 12.2. The molecule has 27 heavy (non-hydrogen) atoms. The van der Waals surface area contributed by atoms with E-state index >= 15 is 0 Å². The first-order valence-corrected chi connectivity index (χ1v) is 8.72. The van der Waals surface area contributed by atoms with E-state index in [-0.39, 0.29) is 5.91 Å². The number of nitrogens with one attached hydrogen (secondary N) is 3. The average Bonchev–Trinajstić information content (AvgIpc) is 2.66. The molecule has 3 aromatic rings. The van der Waals surface area contributed by atoms with Gasteiger partial charge in [-0.15, -0.1) is 10.2 Å². The molecule has 2 heterocycles. The van der Waals surface area contributed by atoms with Crippen LogP contribution in [0, 0.1) is 13.8 Å². The van der Waals surface area contributed by atoms with Gasteiger partial charge in [0.05, 0.1) is 0 Å². The SMILES string of the molecule is Cc1cc(C)cc(C(=O)NCCNc2ccc(Nc3ccccn3)nn2)c1. The summed E-state index contributed by atoms with van der Waals surface area (Å²) in [4.78, 5) is 16.4. The fourth-order valence-electron chi connectivity index (χ4n) is 2.64. The Labute approximate surface area is 158 Å². The minimum atomic E-state index is -0.0791. The van der Waals surface area contributed by atoms with Gasteiger partial charge in [0.15, 0.2) is 5.82 Å². The third-order valence-electron chi connectivity index (χ3n) is 3.79. The van der Waals surface area contributed by atoms with Gasteiger partial charge >= 0.3 is 0 Å². The molecule has 0 spiro atoms. The fourth-order valence-corrected chi connectivity index (χ4v) is 2.64. The van der Waals surface area contributed by atoms with Crippen LogP contribution in [0.25, 0.3) is 0 Å². The van der Waals surface area contributed by atoms with E-state index in [0.29, 0.717) is 36.1 Å². The average molecular weight is 362 g/mol. The number of aromatic nitrogens is 3. The second-order valence-corrected chi connectivity index (χ2v) is 6.20. The van der Waals surface area contributed by atoms with E-state index in [0.717, 1.165) is 11.1 Å². The zero-order chi connectivity index (χ0) is 19.1. The lowest BCUT2D eigenvalue weighted by Gasteiger charge is -2.09. The third-order valence-corrected chi connectivity index (χ3v) is 3.79. The highest BCUT2D eigenvalue weighted by Gasteiger charge is 2.06. The van der Waals surface area contributed by atoms with Gasteiger partial charge in [-0.3, -0.25) is 4.79 Å². The molecule has 2 aromatic heterocycles. The molecule has 0 radical (unpaired) electrons. The van der Waals surface area contributed by atoms with Crippen molar-refractivity contribution in [2.75, 3.05) is 23.7 Å². The molecule has 3 rings (SSSR count). The van der Waals surface area contributed by atoms with Gasteiger partial charge in [-0.25, -0.2) is 4.98 Å². The Morgan fingerprint density at radius 3 is 2.30 bits per heavy atom. The van der Waals surface area contributed by atoms with E-state index in [4.69, 9.17) is 0 Å². The Morgan fingerprint density at radius 2 is 1.63 bits per heavy atom. The molecule has 1 amide bonds. The number of anilines is 3. The summed E-state index contributed by atoms with van der Waals surface area (Å²) in [6.07, 6.45) is 1.71. The minimum absolute atomic E-state index is 0.0791. The second-order valence-electron chi connectivity index (χ2n) is 6.20. The maximum atomic E-state index is 12.2. The molecule has 0 fully saturated rings. The number of rotatable bonds is 7. The third kappa shape index (κ3) is 5.50. The van der Waals surface area contributed by atoms with Gasteiger partial charge in [0.1, 0.15) is 11.6 Å². The summed E-state index contributed by atoms with van der Waals surface area (Å²) >= 11 is 0. The fraction of sp³-hybridized carbons (Fsp3) is 0.200. The number of hydrogen-bond donors (Lipinski definition) is 3. The van der Waals surface area contributed by atoms with E-state index in [9.17, 15) is 4.79 Å². The molecule has 0 unspecified atom stereocenters. The second kappa shape index (κ2) is 8.75. The number of aryl methyl sites for hydroxylation is 2. The molecule has 7 heteroatoms. The first kappa shape index (κ1) is 18.3. The Hall–Kier alpha value is -3.48. The molecule has 138 valence electrons. The molecule has 0 saturated heterocycles. The van der Waals surface area contributed by atoms with Crippen LogP contribution in [0.5, 0.6) is 0 Å². The van der Waals surface area contributed by atoms with Crippen LogP contribution in [0.1, 0.15) is 21.5 Å². The molecule has 0 atom stereocenters. The molecule has 0 aliphatic heterocycles. The van der Waals surface area contributed by atoms with E-state index in [1.54, 1.807) is 6.20 Å². The predicted octanol–water partition coefficient (Wildman–Crippen LogP) is 3.07. The van der Waals surface area contributed by atoms with Crippen molar-refractivity contribution in [1.82, 2.24) is 20.5 Å². The summed E-state index contributed by atoms with van der Waals surface area (Å²) in [5.74, 6) is 1.88. The zero-order valence-corrected chi connectivity index (χ0v) is 15.4. The van der Waals surface area contributed by atoms with Crippen LogP contribution in [0.2, 0.25) is 0 Å². The molecule has 7 nitrogen and oxygen atoms in total. The Balaban J connectivity index is 1.44. The Bertz CT molecular complexity index is 876. The van der Waals surface area contributed by atoms with Gasteiger partial charge in [0, 0.05) is 24.8 Å². The van der Waals surface area contributed by atoms with Crippen molar-refractivity contribution in [3.8, 4) is 0 Å². The Morgan fingerprint density at radius 1 is 0.889 bits per heavy atom. The number of benzene rings is 1. The molecule has 0 saturated carbocycles.